The normalized spacial score (nSPS) is 22.4. The van der Waals surface area contributed by atoms with Gasteiger partial charge in [-0.1, -0.05) is 6.42 Å². The molecule has 0 saturated heterocycles. The molecule has 110 valence electrons. The van der Waals surface area contributed by atoms with Crippen molar-refractivity contribution in [2.24, 2.45) is 5.92 Å². The number of nitrogens with one attached hydrogen (secondary N) is 1. The first-order chi connectivity index (χ1) is 9.60. The SMILES string of the molecule is COc1ccc(C(=O)NCC2CCCC(Cl)C2)cc1F. The van der Waals surface area contributed by atoms with Crippen molar-refractivity contribution in [1.29, 1.82) is 0 Å². The summed E-state index contributed by atoms with van der Waals surface area (Å²) in [6.07, 6.45) is 4.17. The van der Waals surface area contributed by atoms with E-state index in [9.17, 15) is 9.18 Å². The van der Waals surface area contributed by atoms with Crippen LogP contribution in [0.4, 0.5) is 4.39 Å². The molecule has 1 aliphatic rings. The lowest BCUT2D eigenvalue weighted by Gasteiger charge is -2.25. The highest BCUT2D eigenvalue weighted by atomic mass is 35.5. The number of alkyl halides is 1. The van der Waals surface area contributed by atoms with E-state index in [1.807, 2.05) is 0 Å². The molecule has 3 nitrogen and oxygen atoms in total. The first-order valence-electron chi connectivity index (χ1n) is 6.86. The molecule has 1 aromatic rings. The summed E-state index contributed by atoms with van der Waals surface area (Å²) < 4.78 is 18.4. The molecule has 0 aliphatic heterocycles. The van der Waals surface area contributed by atoms with Crippen LogP contribution in [0.1, 0.15) is 36.0 Å². The third-order valence-corrected chi connectivity index (χ3v) is 4.08. The fourth-order valence-electron chi connectivity index (χ4n) is 2.56. The topological polar surface area (TPSA) is 38.3 Å². The van der Waals surface area contributed by atoms with Gasteiger partial charge in [0.1, 0.15) is 0 Å². The van der Waals surface area contributed by atoms with Gasteiger partial charge in [0, 0.05) is 17.5 Å². The van der Waals surface area contributed by atoms with Crippen LogP contribution in [0.25, 0.3) is 0 Å². The second kappa shape index (κ2) is 6.93. The molecule has 1 aliphatic carbocycles. The van der Waals surface area contributed by atoms with Gasteiger partial charge in [0.2, 0.25) is 0 Å². The summed E-state index contributed by atoms with van der Waals surface area (Å²) in [5, 5.41) is 3.06. The van der Waals surface area contributed by atoms with E-state index in [-0.39, 0.29) is 17.0 Å². The smallest absolute Gasteiger partial charge is 0.251 e. The molecular weight excluding hydrogens is 281 g/mol. The van der Waals surface area contributed by atoms with Gasteiger partial charge in [-0.3, -0.25) is 4.79 Å². The average molecular weight is 300 g/mol. The van der Waals surface area contributed by atoms with Crippen molar-refractivity contribution in [3.8, 4) is 5.75 Å². The van der Waals surface area contributed by atoms with E-state index in [1.54, 1.807) is 6.07 Å². The maximum atomic E-state index is 13.5. The number of methoxy groups -OCH3 is 1. The Bertz CT molecular complexity index is 481. The van der Waals surface area contributed by atoms with Crippen molar-refractivity contribution < 1.29 is 13.9 Å². The quantitative estimate of drug-likeness (QED) is 0.866. The second-order valence-electron chi connectivity index (χ2n) is 5.19. The fourth-order valence-corrected chi connectivity index (χ4v) is 2.96. The predicted octanol–water partition coefficient (Wildman–Crippen LogP) is 3.36. The van der Waals surface area contributed by atoms with Gasteiger partial charge in [0.25, 0.3) is 5.91 Å². The molecule has 2 atom stereocenters. The van der Waals surface area contributed by atoms with Gasteiger partial charge in [0.15, 0.2) is 11.6 Å². The van der Waals surface area contributed by atoms with E-state index in [4.69, 9.17) is 16.3 Å². The molecule has 1 amide bonds. The highest BCUT2D eigenvalue weighted by Crippen LogP contribution is 2.27. The van der Waals surface area contributed by atoms with Gasteiger partial charge in [-0.25, -0.2) is 4.39 Å². The standard InChI is InChI=1S/C15H19ClFNO2/c1-20-14-6-5-11(8-13(14)17)15(19)18-9-10-3-2-4-12(16)7-10/h5-6,8,10,12H,2-4,7,9H2,1H3,(H,18,19). The number of carbonyl (C=O) groups is 1. The Morgan fingerprint density at radius 1 is 1.50 bits per heavy atom. The lowest BCUT2D eigenvalue weighted by Crippen LogP contribution is -2.32. The maximum Gasteiger partial charge on any atom is 0.251 e. The van der Waals surface area contributed by atoms with Crippen molar-refractivity contribution >= 4 is 17.5 Å². The number of hydrogen-bond donors (Lipinski definition) is 1. The van der Waals surface area contributed by atoms with E-state index in [1.165, 1.54) is 19.2 Å². The van der Waals surface area contributed by atoms with Crippen LogP contribution in [0.2, 0.25) is 0 Å². The first kappa shape index (κ1) is 15.1. The molecule has 0 bridgehead atoms. The molecule has 2 rings (SSSR count). The lowest BCUT2D eigenvalue weighted by atomic mass is 9.89. The number of amides is 1. The van der Waals surface area contributed by atoms with Crippen molar-refractivity contribution in [2.75, 3.05) is 13.7 Å². The van der Waals surface area contributed by atoms with Gasteiger partial charge >= 0.3 is 0 Å². The minimum atomic E-state index is -0.529. The zero-order valence-electron chi connectivity index (χ0n) is 11.5. The van der Waals surface area contributed by atoms with Gasteiger partial charge in [-0.2, -0.15) is 0 Å². The van der Waals surface area contributed by atoms with E-state index in [2.05, 4.69) is 5.32 Å². The zero-order valence-corrected chi connectivity index (χ0v) is 12.3. The van der Waals surface area contributed by atoms with E-state index in [0.717, 1.165) is 25.7 Å². The van der Waals surface area contributed by atoms with Gasteiger partial charge in [0.05, 0.1) is 7.11 Å². The highest BCUT2D eigenvalue weighted by molar-refractivity contribution is 6.20. The molecule has 2 unspecified atom stereocenters. The lowest BCUT2D eigenvalue weighted by molar-refractivity contribution is 0.0943. The van der Waals surface area contributed by atoms with E-state index >= 15 is 0 Å². The minimum Gasteiger partial charge on any atom is -0.494 e. The number of halogens is 2. The van der Waals surface area contributed by atoms with Gasteiger partial charge in [-0.15, -0.1) is 11.6 Å². The summed E-state index contributed by atoms with van der Waals surface area (Å²) in [6.45, 7) is 0.593. The van der Waals surface area contributed by atoms with E-state index in [0.29, 0.717) is 18.0 Å². The number of carbonyl (C=O) groups excluding carboxylic acids is 1. The van der Waals surface area contributed by atoms with Crippen LogP contribution < -0.4 is 10.1 Å². The van der Waals surface area contributed by atoms with Crippen molar-refractivity contribution in [2.45, 2.75) is 31.1 Å². The van der Waals surface area contributed by atoms with Crippen molar-refractivity contribution in [3.05, 3.63) is 29.6 Å². The Morgan fingerprint density at radius 2 is 2.30 bits per heavy atom. The van der Waals surface area contributed by atoms with Crippen LogP contribution in [-0.4, -0.2) is 24.9 Å². The van der Waals surface area contributed by atoms with Crippen LogP contribution in [0.5, 0.6) is 5.75 Å². The summed E-state index contributed by atoms with van der Waals surface area (Å²) in [7, 11) is 1.39. The summed E-state index contributed by atoms with van der Waals surface area (Å²) in [5.41, 5.74) is 0.307. The highest BCUT2D eigenvalue weighted by Gasteiger charge is 2.21. The number of rotatable bonds is 4. The van der Waals surface area contributed by atoms with Crippen LogP contribution in [0.15, 0.2) is 18.2 Å². The molecule has 0 heterocycles. The molecule has 5 heteroatoms. The molecule has 0 spiro atoms. The van der Waals surface area contributed by atoms with Crippen LogP contribution in [-0.2, 0) is 0 Å². The van der Waals surface area contributed by atoms with Crippen LogP contribution in [0.3, 0.4) is 0 Å². The summed E-state index contributed by atoms with van der Waals surface area (Å²) in [4.78, 5) is 12.0. The fraction of sp³-hybridized carbons (Fsp3) is 0.533. The van der Waals surface area contributed by atoms with Gasteiger partial charge < -0.3 is 10.1 Å². The third kappa shape index (κ3) is 3.85. The monoisotopic (exact) mass is 299 g/mol. The average Bonchev–Trinajstić information content (AvgIpc) is 2.44. The molecule has 1 N–H and O–H groups in total. The van der Waals surface area contributed by atoms with E-state index < -0.39 is 5.82 Å². The second-order valence-corrected chi connectivity index (χ2v) is 5.81. The number of hydrogen-bond acceptors (Lipinski definition) is 2. The van der Waals surface area contributed by atoms with Gasteiger partial charge in [-0.05, 0) is 43.4 Å². The summed E-state index contributed by atoms with van der Waals surface area (Å²) in [5.74, 6) is -0.237. The Morgan fingerprint density at radius 3 is 2.95 bits per heavy atom. The summed E-state index contributed by atoms with van der Waals surface area (Å²) >= 11 is 6.12. The maximum absolute atomic E-state index is 13.5. The molecule has 20 heavy (non-hydrogen) atoms. The molecular formula is C15H19ClFNO2. The van der Waals surface area contributed by atoms with Crippen molar-refractivity contribution in [3.63, 3.8) is 0 Å². The molecule has 1 saturated carbocycles. The van der Waals surface area contributed by atoms with Crippen LogP contribution >= 0.6 is 11.6 Å². The Labute approximate surface area is 123 Å². The zero-order chi connectivity index (χ0) is 14.5. The first-order valence-corrected chi connectivity index (χ1v) is 7.29. The Hall–Kier alpha value is -1.29. The molecule has 0 radical (unpaired) electrons. The summed E-state index contributed by atoms with van der Waals surface area (Å²) in [6, 6.07) is 4.21. The largest absolute Gasteiger partial charge is 0.494 e. The number of benzene rings is 1. The predicted molar refractivity (Wildman–Crippen MR) is 76.9 cm³/mol. The molecule has 1 fully saturated rings. The third-order valence-electron chi connectivity index (χ3n) is 3.68. The molecule has 1 aromatic carbocycles. The number of ether oxygens (including phenoxy) is 1. The van der Waals surface area contributed by atoms with Crippen molar-refractivity contribution in [1.82, 2.24) is 5.32 Å². The molecule has 0 aromatic heterocycles. The Kier molecular flexibility index (Phi) is 5.24. The van der Waals surface area contributed by atoms with Crippen LogP contribution in [0, 0.1) is 11.7 Å². The minimum absolute atomic E-state index is 0.138. The Balaban J connectivity index is 1.90.